The van der Waals surface area contributed by atoms with Crippen LogP contribution in [-0.2, 0) is 19.4 Å². The second kappa shape index (κ2) is 10.7. The summed E-state index contributed by atoms with van der Waals surface area (Å²) in [5.74, 6) is 0.473. The number of morpholine rings is 1. The lowest BCUT2D eigenvalue weighted by Gasteiger charge is -2.36. The first-order chi connectivity index (χ1) is 17.5. The number of hydrogen-bond acceptors (Lipinski definition) is 9. The Balaban J connectivity index is 1.71. The van der Waals surface area contributed by atoms with Gasteiger partial charge in [-0.3, -0.25) is 9.78 Å². The van der Waals surface area contributed by atoms with Crippen LogP contribution < -0.4 is 20.3 Å². The number of benzene rings is 1. The molecule has 1 amide bonds. The monoisotopic (exact) mass is 525 g/mol. The number of anilines is 4. The highest BCUT2D eigenvalue weighted by Crippen LogP contribution is 2.34. The van der Waals surface area contributed by atoms with E-state index >= 15 is 0 Å². The molecule has 11 heteroatoms. The van der Waals surface area contributed by atoms with Gasteiger partial charge in [-0.25, -0.2) is 13.4 Å². The minimum atomic E-state index is -3.48. The van der Waals surface area contributed by atoms with Gasteiger partial charge in [0.15, 0.2) is 9.84 Å². The van der Waals surface area contributed by atoms with Crippen LogP contribution in [0.4, 0.5) is 22.9 Å². The quantitative estimate of drug-likeness (QED) is 0.473. The number of nitrogens with one attached hydrogen (secondary N) is 2. The van der Waals surface area contributed by atoms with Crippen LogP contribution in [0.5, 0.6) is 5.75 Å². The molecule has 4 rings (SSSR count). The van der Waals surface area contributed by atoms with Gasteiger partial charge in [-0.15, -0.1) is 0 Å². The molecule has 0 spiro atoms. The molecule has 1 saturated heterocycles. The summed E-state index contributed by atoms with van der Waals surface area (Å²) in [5.41, 5.74) is 3.41. The van der Waals surface area contributed by atoms with Gasteiger partial charge in [0.25, 0.3) is 0 Å². The number of ether oxygens (including phenoxy) is 2. The highest BCUT2D eigenvalue weighted by molar-refractivity contribution is 7.90. The van der Waals surface area contributed by atoms with E-state index in [1.54, 1.807) is 18.3 Å². The van der Waals surface area contributed by atoms with Gasteiger partial charge in [-0.2, -0.15) is 0 Å². The Labute approximate surface area is 217 Å². The van der Waals surface area contributed by atoms with Gasteiger partial charge in [0.1, 0.15) is 11.6 Å². The van der Waals surface area contributed by atoms with Gasteiger partial charge in [0.2, 0.25) is 5.91 Å². The molecule has 196 valence electrons. The van der Waals surface area contributed by atoms with Crippen LogP contribution in [0.15, 0.2) is 53.7 Å². The fourth-order valence-electron chi connectivity index (χ4n) is 4.26. The number of methoxy groups -OCH3 is 1. The molecule has 10 nitrogen and oxygen atoms in total. The second-order valence-electron chi connectivity index (χ2n) is 9.15. The molecule has 37 heavy (non-hydrogen) atoms. The summed E-state index contributed by atoms with van der Waals surface area (Å²) < 4.78 is 35.6. The van der Waals surface area contributed by atoms with Crippen molar-refractivity contribution in [3.63, 3.8) is 0 Å². The van der Waals surface area contributed by atoms with E-state index < -0.39 is 9.84 Å². The maximum Gasteiger partial charge on any atom is 0.222 e. The zero-order chi connectivity index (χ0) is 26.7. The van der Waals surface area contributed by atoms with Gasteiger partial charge in [0, 0.05) is 55.8 Å². The van der Waals surface area contributed by atoms with E-state index in [0.717, 1.165) is 25.0 Å². The van der Waals surface area contributed by atoms with Crippen LogP contribution in [0.2, 0.25) is 0 Å². The number of carbonyl (C=O) groups is 1. The smallest absolute Gasteiger partial charge is 0.222 e. The number of aromatic nitrogens is 2. The Morgan fingerprint density at radius 3 is 2.41 bits per heavy atom. The van der Waals surface area contributed by atoms with Crippen molar-refractivity contribution in [1.82, 2.24) is 9.97 Å². The molecule has 2 atom stereocenters. The van der Waals surface area contributed by atoms with Crippen LogP contribution in [0, 0.1) is 0 Å². The van der Waals surface area contributed by atoms with Gasteiger partial charge in [-0.05, 0) is 38.1 Å². The lowest BCUT2D eigenvalue weighted by molar-refractivity contribution is -0.114. The standard InChI is InChI=1S/C26H31N5O5S/c1-16-14-31(15-17(2)36-16)20-6-7-24(27-12-20)23-13-28-26(29-18(3)32)11-25(23)30-19-8-21(35-4)10-22(9-19)37(5,33)34/h6-13,16-17H,14-15H2,1-5H3,(H2,28,29,30,32)/t16-,17+. The number of hydrogen-bond donors (Lipinski definition) is 2. The molecule has 3 aromatic rings. The van der Waals surface area contributed by atoms with Gasteiger partial charge < -0.3 is 25.0 Å². The predicted molar refractivity (Wildman–Crippen MR) is 143 cm³/mol. The predicted octanol–water partition coefficient (Wildman–Crippen LogP) is 3.87. The number of rotatable bonds is 7. The Morgan fingerprint density at radius 1 is 1.08 bits per heavy atom. The van der Waals surface area contributed by atoms with Crippen molar-refractivity contribution < 1.29 is 22.7 Å². The number of amides is 1. The largest absolute Gasteiger partial charge is 0.497 e. The number of nitrogens with zero attached hydrogens (tertiary/aromatic N) is 3. The maximum absolute atomic E-state index is 12.2. The zero-order valence-electron chi connectivity index (χ0n) is 21.5. The summed E-state index contributed by atoms with van der Waals surface area (Å²) in [6, 6.07) is 10.3. The Hall–Kier alpha value is -3.70. The van der Waals surface area contributed by atoms with E-state index in [2.05, 4.69) is 39.3 Å². The molecule has 1 fully saturated rings. The van der Waals surface area contributed by atoms with E-state index in [4.69, 9.17) is 9.47 Å². The summed E-state index contributed by atoms with van der Waals surface area (Å²) in [7, 11) is -2.00. The fraction of sp³-hybridized carbons (Fsp3) is 0.346. The van der Waals surface area contributed by atoms with Gasteiger partial charge in [-0.1, -0.05) is 0 Å². The van der Waals surface area contributed by atoms with E-state index in [9.17, 15) is 13.2 Å². The molecular formula is C26H31N5O5S. The summed E-state index contributed by atoms with van der Waals surface area (Å²) in [5, 5.41) is 5.94. The van der Waals surface area contributed by atoms with Crippen LogP contribution >= 0.6 is 0 Å². The molecule has 3 heterocycles. The highest BCUT2D eigenvalue weighted by atomic mass is 32.2. The molecule has 1 aliphatic rings. The first kappa shape index (κ1) is 26.4. The van der Waals surface area contributed by atoms with Crippen molar-refractivity contribution in [3.8, 4) is 17.0 Å². The van der Waals surface area contributed by atoms with Crippen molar-refractivity contribution in [2.24, 2.45) is 0 Å². The minimum Gasteiger partial charge on any atom is -0.497 e. The number of carbonyl (C=O) groups excluding carboxylic acids is 1. The molecule has 0 bridgehead atoms. The van der Waals surface area contributed by atoms with Crippen molar-refractivity contribution >= 4 is 38.6 Å². The van der Waals surface area contributed by atoms with E-state index in [1.165, 1.54) is 26.2 Å². The first-order valence-corrected chi connectivity index (χ1v) is 13.7. The Morgan fingerprint density at radius 2 is 1.81 bits per heavy atom. The Bertz CT molecular complexity index is 1380. The third kappa shape index (κ3) is 6.55. The van der Waals surface area contributed by atoms with Crippen LogP contribution in [0.3, 0.4) is 0 Å². The van der Waals surface area contributed by atoms with E-state index in [0.29, 0.717) is 34.2 Å². The fourth-order valence-corrected chi connectivity index (χ4v) is 4.94. The molecule has 0 aliphatic carbocycles. The molecule has 2 N–H and O–H groups in total. The maximum atomic E-state index is 12.2. The molecule has 0 unspecified atom stereocenters. The van der Waals surface area contributed by atoms with Crippen molar-refractivity contribution in [3.05, 3.63) is 48.8 Å². The summed E-state index contributed by atoms with van der Waals surface area (Å²) in [6.45, 7) is 7.07. The highest BCUT2D eigenvalue weighted by Gasteiger charge is 2.23. The molecule has 1 aromatic carbocycles. The summed E-state index contributed by atoms with van der Waals surface area (Å²) >= 11 is 0. The minimum absolute atomic E-state index is 0.114. The second-order valence-corrected chi connectivity index (χ2v) is 11.2. The van der Waals surface area contributed by atoms with Crippen LogP contribution in [0.1, 0.15) is 20.8 Å². The van der Waals surface area contributed by atoms with E-state index in [1.807, 2.05) is 18.3 Å². The lowest BCUT2D eigenvalue weighted by atomic mass is 10.1. The van der Waals surface area contributed by atoms with Crippen molar-refractivity contribution in [2.75, 3.05) is 42.0 Å². The number of pyridine rings is 2. The summed E-state index contributed by atoms with van der Waals surface area (Å²) in [6.07, 6.45) is 4.83. The third-order valence-electron chi connectivity index (χ3n) is 5.84. The average Bonchev–Trinajstić information content (AvgIpc) is 2.82. The lowest BCUT2D eigenvalue weighted by Crippen LogP contribution is -2.45. The Kier molecular flexibility index (Phi) is 7.65. The first-order valence-electron chi connectivity index (χ1n) is 11.8. The van der Waals surface area contributed by atoms with Gasteiger partial charge in [0.05, 0.1) is 47.5 Å². The SMILES string of the molecule is COc1cc(Nc2cc(NC(C)=O)ncc2-c2ccc(N3C[C@@H](C)O[C@@H](C)C3)cn2)cc(S(C)(=O)=O)c1. The van der Waals surface area contributed by atoms with Crippen molar-refractivity contribution in [2.45, 2.75) is 37.9 Å². The molecule has 1 aliphatic heterocycles. The molecular weight excluding hydrogens is 494 g/mol. The van der Waals surface area contributed by atoms with E-state index in [-0.39, 0.29) is 23.0 Å². The number of sulfone groups is 1. The van der Waals surface area contributed by atoms with Crippen LogP contribution in [-0.4, -0.2) is 63.0 Å². The third-order valence-corrected chi connectivity index (χ3v) is 6.93. The molecule has 2 aromatic heterocycles. The van der Waals surface area contributed by atoms with Gasteiger partial charge >= 0.3 is 0 Å². The zero-order valence-corrected chi connectivity index (χ0v) is 22.3. The van der Waals surface area contributed by atoms with Crippen molar-refractivity contribution in [1.29, 1.82) is 0 Å². The molecule has 0 saturated carbocycles. The summed E-state index contributed by atoms with van der Waals surface area (Å²) in [4.78, 5) is 23.0. The van der Waals surface area contributed by atoms with Crippen LogP contribution in [0.25, 0.3) is 11.3 Å². The topological polar surface area (TPSA) is 123 Å². The average molecular weight is 526 g/mol. The normalized spacial score (nSPS) is 17.8. The molecule has 0 radical (unpaired) electrons.